The molecule has 2 aromatic rings. The van der Waals surface area contributed by atoms with Crippen LogP contribution in [-0.4, -0.2) is 41.2 Å². The summed E-state index contributed by atoms with van der Waals surface area (Å²) in [6.45, 7) is 1.03. The zero-order chi connectivity index (χ0) is 14.8. The maximum Gasteiger partial charge on any atom is 0.237 e. The van der Waals surface area contributed by atoms with Gasteiger partial charge in [0, 0.05) is 24.5 Å². The Labute approximate surface area is 131 Å². The number of hydrogen-bond acceptors (Lipinski definition) is 5. The molecule has 1 amide bonds. The van der Waals surface area contributed by atoms with Crippen molar-refractivity contribution in [1.29, 1.82) is 0 Å². The lowest BCUT2D eigenvalue weighted by Gasteiger charge is -2.10. The standard InChI is InChI=1S/C14H16ClN3O2S/c15-8-1-2-12-10(5-8)18-13(21-12)3-4-16-14(20)11-6-9(19)7-17-11/h1-2,5,9,11,17,19H,3-4,6-7H2,(H,16,20). The van der Waals surface area contributed by atoms with E-state index in [1.165, 1.54) is 0 Å². The molecule has 2 unspecified atom stereocenters. The van der Waals surface area contributed by atoms with E-state index < -0.39 is 6.10 Å². The maximum atomic E-state index is 11.9. The van der Waals surface area contributed by atoms with Crippen LogP contribution in [0, 0.1) is 0 Å². The molecule has 7 heteroatoms. The van der Waals surface area contributed by atoms with Crippen LogP contribution >= 0.6 is 22.9 Å². The molecule has 0 bridgehead atoms. The van der Waals surface area contributed by atoms with Gasteiger partial charge in [-0.3, -0.25) is 4.79 Å². The van der Waals surface area contributed by atoms with Gasteiger partial charge in [0.25, 0.3) is 0 Å². The van der Waals surface area contributed by atoms with Crippen molar-refractivity contribution < 1.29 is 9.90 Å². The van der Waals surface area contributed by atoms with Crippen LogP contribution in [-0.2, 0) is 11.2 Å². The van der Waals surface area contributed by atoms with Gasteiger partial charge in [-0.05, 0) is 24.6 Å². The molecule has 5 nitrogen and oxygen atoms in total. The zero-order valence-corrected chi connectivity index (χ0v) is 12.9. The molecule has 0 aliphatic carbocycles. The van der Waals surface area contributed by atoms with E-state index in [-0.39, 0.29) is 11.9 Å². The van der Waals surface area contributed by atoms with E-state index in [4.69, 9.17) is 11.6 Å². The largest absolute Gasteiger partial charge is 0.392 e. The Hall–Kier alpha value is -1.21. The van der Waals surface area contributed by atoms with Gasteiger partial charge in [0.1, 0.15) is 0 Å². The van der Waals surface area contributed by atoms with E-state index in [1.807, 2.05) is 18.2 Å². The van der Waals surface area contributed by atoms with Crippen molar-refractivity contribution in [3.63, 3.8) is 0 Å². The van der Waals surface area contributed by atoms with E-state index in [0.717, 1.165) is 15.2 Å². The molecule has 1 aliphatic heterocycles. The third-order valence-corrected chi connectivity index (χ3v) is 4.79. The molecule has 21 heavy (non-hydrogen) atoms. The number of fused-ring (bicyclic) bond motifs is 1. The summed E-state index contributed by atoms with van der Waals surface area (Å²) >= 11 is 7.55. The predicted molar refractivity (Wildman–Crippen MR) is 83.8 cm³/mol. The van der Waals surface area contributed by atoms with Crippen LogP contribution in [0.2, 0.25) is 5.02 Å². The van der Waals surface area contributed by atoms with E-state index in [9.17, 15) is 9.90 Å². The molecule has 1 saturated heterocycles. The first kappa shape index (κ1) is 14.7. The van der Waals surface area contributed by atoms with Gasteiger partial charge in [-0.25, -0.2) is 4.98 Å². The summed E-state index contributed by atoms with van der Waals surface area (Å²) in [6.07, 6.45) is 0.749. The number of aromatic nitrogens is 1. The lowest BCUT2D eigenvalue weighted by Crippen LogP contribution is -2.41. The summed E-state index contributed by atoms with van der Waals surface area (Å²) in [5.41, 5.74) is 0.898. The number of hydrogen-bond donors (Lipinski definition) is 3. The number of nitrogens with one attached hydrogen (secondary N) is 2. The van der Waals surface area contributed by atoms with Gasteiger partial charge in [-0.1, -0.05) is 11.6 Å². The average molecular weight is 326 g/mol. The van der Waals surface area contributed by atoms with Crippen molar-refractivity contribution in [2.75, 3.05) is 13.1 Å². The second-order valence-corrected chi connectivity index (χ2v) is 6.66. The SMILES string of the molecule is O=C(NCCc1nc2cc(Cl)ccc2s1)C1CC(O)CN1. The minimum absolute atomic E-state index is 0.0595. The molecule has 2 heterocycles. The lowest BCUT2D eigenvalue weighted by atomic mass is 10.2. The Balaban J connectivity index is 1.53. The van der Waals surface area contributed by atoms with Crippen LogP contribution in [0.5, 0.6) is 0 Å². The number of aliphatic hydroxyl groups is 1. The molecular formula is C14H16ClN3O2S. The maximum absolute atomic E-state index is 11.9. The molecule has 112 valence electrons. The minimum Gasteiger partial charge on any atom is -0.392 e. The highest BCUT2D eigenvalue weighted by Gasteiger charge is 2.27. The molecule has 1 aromatic carbocycles. The fourth-order valence-corrected chi connectivity index (χ4v) is 3.50. The number of carbonyl (C=O) groups is 1. The Morgan fingerprint density at radius 3 is 3.19 bits per heavy atom. The lowest BCUT2D eigenvalue weighted by molar-refractivity contribution is -0.122. The smallest absolute Gasteiger partial charge is 0.237 e. The van der Waals surface area contributed by atoms with Crippen LogP contribution in [0.15, 0.2) is 18.2 Å². The molecule has 3 rings (SSSR count). The molecule has 0 radical (unpaired) electrons. The first-order chi connectivity index (χ1) is 10.1. The molecule has 0 spiro atoms. The molecule has 3 N–H and O–H groups in total. The van der Waals surface area contributed by atoms with Crippen LogP contribution in [0.4, 0.5) is 0 Å². The Morgan fingerprint density at radius 2 is 2.43 bits per heavy atom. The Bertz CT molecular complexity index is 661. The van der Waals surface area contributed by atoms with Gasteiger partial charge in [0.2, 0.25) is 5.91 Å². The molecule has 1 fully saturated rings. The number of amides is 1. The first-order valence-electron chi connectivity index (χ1n) is 6.86. The summed E-state index contributed by atoms with van der Waals surface area (Å²) in [7, 11) is 0. The van der Waals surface area contributed by atoms with Crippen LogP contribution in [0.25, 0.3) is 10.2 Å². The third-order valence-electron chi connectivity index (χ3n) is 3.46. The zero-order valence-electron chi connectivity index (χ0n) is 11.3. The summed E-state index contributed by atoms with van der Waals surface area (Å²) in [5.74, 6) is -0.0595. The van der Waals surface area contributed by atoms with Crippen molar-refractivity contribution in [3.05, 3.63) is 28.2 Å². The second kappa shape index (κ2) is 6.27. The van der Waals surface area contributed by atoms with Gasteiger partial charge in [0.05, 0.1) is 27.4 Å². The number of β-amino-alcohol motifs (C(OH)–C–C–N with tert-alkyl or cyclic N) is 1. The second-order valence-electron chi connectivity index (χ2n) is 5.11. The highest BCUT2D eigenvalue weighted by atomic mass is 35.5. The fourth-order valence-electron chi connectivity index (χ4n) is 2.39. The number of halogens is 1. The molecule has 1 aliphatic rings. The van der Waals surface area contributed by atoms with E-state index >= 15 is 0 Å². The molecule has 0 saturated carbocycles. The number of benzene rings is 1. The monoisotopic (exact) mass is 325 g/mol. The number of rotatable bonds is 4. The Morgan fingerprint density at radius 1 is 1.57 bits per heavy atom. The fraction of sp³-hybridized carbons (Fsp3) is 0.429. The highest BCUT2D eigenvalue weighted by molar-refractivity contribution is 7.18. The number of aliphatic hydroxyl groups excluding tert-OH is 1. The predicted octanol–water partition coefficient (Wildman–Crippen LogP) is 1.33. The van der Waals surface area contributed by atoms with Gasteiger partial charge in [0.15, 0.2) is 0 Å². The van der Waals surface area contributed by atoms with Crippen molar-refractivity contribution in [3.8, 4) is 0 Å². The van der Waals surface area contributed by atoms with E-state index in [1.54, 1.807) is 11.3 Å². The third kappa shape index (κ3) is 3.52. The minimum atomic E-state index is -0.422. The van der Waals surface area contributed by atoms with Crippen LogP contribution < -0.4 is 10.6 Å². The summed E-state index contributed by atoms with van der Waals surface area (Å²) in [5, 5.41) is 16.9. The summed E-state index contributed by atoms with van der Waals surface area (Å²) in [6, 6.07) is 5.37. The topological polar surface area (TPSA) is 74.2 Å². The van der Waals surface area contributed by atoms with Gasteiger partial charge in [-0.15, -0.1) is 11.3 Å². The average Bonchev–Trinajstić information content (AvgIpc) is 3.04. The van der Waals surface area contributed by atoms with Gasteiger partial charge < -0.3 is 15.7 Å². The Kier molecular flexibility index (Phi) is 4.40. The number of nitrogens with zero attached hydrogens (tertiary/aromatic N) is 1. The van der Waals surface area contributed by atoms with Gasteiger partial charge in [-0.2, -0.15) is 0 Å². The summed E-state index contributed by atoms with van der Waals surface area (Å²) in [4.78, 5) is 16.4. The van der Waals surface area contributed by atoms with Crippen LogP contribution in [0.3, 0.4) is 0 Å². The van der Waals surface area contributed by atoms with Crippen molar-refractivity contribution >= 4 is 39.1 Å². The first-order valence-corrected chi connectivity index (χ1v) is 8.05. The molecular weight excluding hydrogens is 310 g/mol. The number of carbonyl (C=O) groups excluding carboxylic acids is 1. The van der Waals surface area contributed by atoms with Crippen LogP contribution in [0.1, 0.15) is 11.4 Å². The van der Waals surface area contributed by atoms with Crippen molar-refractivity contribution in [2.45, 2.75) is 25.0 Å². The summed E-state index contributed by atoms with van der Waals surface area (Å²) < 4.78 is 1.10. The van der Waals surface area contributed by atoms with Gasteiger partial charge >= 0.3 is 0 Å². The molecule has 1 aromatic heterocycles. The quantitative estimate of drug-likeness (QED) is 0.793. The van der Waals surface area contributed by atoms with Crippen molar-refractivity contribution in [1.82, 2.24) is 15.6 Å². The normalized spacial score (nSPS) is 21.8. The highest BCUT2D eigenvalue weighted by Crippen LogP contribution is 2.25. The number of thiazole rings is 1. The van der Waals surface area contributed by atoms with E-state index in [0.29, 0.717) is 31.0 Å². The van der Waals surface area contributed by atoms with Crippen molar-refractivity contribution in [2.24, 2.45) is 0 Å². The molecule has 2 atom stereocenters. The van der Waals surface area contributed by atoms with E-state index in [2.05, 4.69) is 15.6 Å².